The zero-order valence-electron chi connectivity index (χ0n) is 11.4. The second kappa shape index (κ2) is 6.97. The fraction of sp³-hybridized carbons (Fsp3) is 0.692. The first-order valence-electron chi connectivity index (χ1n) is 6.22. The van der Waals surface area contributed by atoms with Gasteiger partial charge in [-0.05, 0) is 45.4 Å². The van der Waals surface area contributed by atoms with Crippen molar-refractivity contribution >= 4 is 10.8 Å². The number of aryl methyl sites for hydroxylation is 1. The fourth-order valence-corrected chi connectivity index (χ4v) is 2.71. The van der Waals surface area contributed by atoms with E-state index < -0.39 is 10.8 Å². The lowest BCUT2D eigenvalue weighted by molar-refractivity contribution is 0.656. The van der Waals surface area contributed by atoms with E-state index in [-0.39, 0.29) is 0 Å². The highest BCUT2D eigenvalue weighted by Gasteiger charge is 2.06. The molecule has 1 atom stereocenters. The fourth-order valence-electron chi connectivity index (χ4n) is 2.16. The average molecular weight is 256 g/mol. The molecule has 0 radical (unpaired) electrons. The van der Waals surface area contributed by atoms with E-state index in [1.54, 1.807) is 6.26 Å². The summed E-state index contributed by atoms with van der Waals surface area (Å²) in [6, 6.07) is 2.25. The zero-order chi connectivity index (χ0) is 12.8. The molecule has 1 aromatic rings. The van der Waals surface area contributed by atoms with Gasteiger partial charge in [0.25, 0.3) is 0 Å². The van der Waals surface area contributed by atoms with Gasteiger partial charge in [0.15, 0.2) is 0 Å². The molecule has 0 aliphatic rings. The molecule has 0 spiro atoms. The molecule has 98 valence electrons. The van der Waals surface area contributed by atoms with E-state index in [2.05, 4.69) is 36.7 Å². The smallest absolute Gasteiger partial charge is 0.0244 e. The summed E-state index contributed by atoms with van der Waals surface area (Å²) in [5.74, 6) is 0.793. The number of aromatic nitrogens is 1. The molecule has 0 saturated carbocycles. The lowest BCUT2D eigenvalue weighted by Crippen LogP contribution is -2.17. The van der Waals surface area contributed by atoms with Gasteiger partial charge < -0.3 is 9.88 Å². The van der Waals surface area contributed by atoms with Crippen LogP contribution in [0.5, 0.6) is 0 Å². The Balaban J connectivity index is 2.39. The Labute approximate surface area is 107 Å². The minimum Gasteiger partial charge on any atom is -0.349 e. The molecule has 0 aromatic carbocycles. The molecule has 1 aromatic heterocycles. The van der Waals surface area contributed by atoms with Crippen LogP contribution in [-0.4, -0.2) is 27.3 Å². The third-order valence-corrected chi connectivity index (χ3v) is 3.96. The molecule has 0 amide bonds. The van der Waals surface area contributed by atoms with E-state index in [1.807, 2.05) is 0 Å². The summed E-state index contributed by atoms with van der Waals surface area (Å²) in [6.45, 7) is 9.39. The van der Waals surface area contributed by atoms with Gasteiger partial charge in [-0.3, -0.25) is 4.21 Å². The summed E-state index contributed by atoms with van der Waals surface area (Å²) in [7, 11) is -0.663. The van der Waals surface area contributed by atoms with Crippen molar-refractivity contribution in [2.75, 3.05) is 18.6 Å². The summed E-state index contributed by atoms with van der Waals surface area (Å²) < 4.78 is 13.2. The summed E-state index contributed by atoms with van der Waals surface area (Å²) in [4.78, 5) is 0. The third-order valence-electron chi connectivity index (χ3n) is 3.10. The van der Waals surface area contributed by atoms with E-state index in [0.717, 1.165) is 31.8 Å². The first kappa shape index (κ1) is 14.5. The molecule has 3 nitrogen and oxygen atoms in total. The van der Waals surface area contributed by atoms with Gasteiger partial charge in [0.1, 0.15) is 0 Å². The molecule has 0 fully saturated rings. The molecular weight excluding hydrogens is 232 g/mol. The minimum absolute atomic E-state index is 0.663. The summed E-state index contributed by atoms with van der Waals surface area (Å²) in [5.41, 5.74) is 4.06. The van der Waals surface area contributed by atoms with E-state index >= 15 is 0 Å². The number of nitrogens with one attached hydrogen (secondary N) is 1. The molecule has 4 heteroatoms. The minimum atomic E-state index is -0.663. The zero-order valence-corrected chi connectivity index (χ0v) is 12.2. The highest BCUT2D eigenvalue weighted by molar-refractivity contribution is 7.84. The van der Waals surface area contributed by atoms with E-state index in [4.69, 9.17) is 0 Å². The monoisotopic (exact) mass is 256 g/mol. The van der Waals surface area contributed by atoms with Crippen molar-refractivity contribution in [3.8, 4) is 0 Å². The molecule has 1 heterocycles. The Morgan fingerprint density at radius 1 is 1.41 bits per heavy atom. The van der Waals surface area contributed by atoms with Crippen molar-refractivity contribution in [1.82, 2.24) is 9.88 Å². The van der Waals surface area contributed by atoms with Crippen LogP contribution in [-0.2, 0) is 23.9 Å². The predicted octanol–water partition coefficient (Wildman–Crippen LogP) is 1.98. The van der Waals surface area contributed by atoms with Gasteiger partial charge in [-0.25, -0.2) is 0 Å². The van der Waals surface area contributed by atoms with Crippen molar-refractivity contribution in [2.24, 2.45) is 0 Å². The maximum Gasteiger partial charge on any atom is 0.0244 e. The van der Waals surface area contributed by atoms with Crippen molar-refractivity contribution in [2.45, 2.75) is 40.3 Å². The molecule has 0 aliphatic heterocycles. The lowest BCUT2D eigenvalue weighted by atomic mass is 10.2. The molecule has 1 unspecified atom stereocenters. The van der Waals surface area contributed by atoms with Crippen molar-refractivity contribution < 1.29 is 4.21 Å². The van der Waals surface area contributed by atoms with Crippen molar-refractivity contribution in [1.29, 1.82) is 0 Å². The number of hydrogen-bond donors (Lipinski definition) is 1. The third kappa shape index (κ3) is 4.28. The van der Waals surface area contributed by atoms with Crippen LogP contribution in [0.4, 0.5) is 0 Å². The van der Waals surface area contributed by atoms with Gasteiger partial charge in [0, 0.05) is 47.3 Å². The molecule has 0 bridgehead atoms. The van der Waals surface area contributed by atoms with Gasteiger partial charge >= 0.3 is 0 Å². The second-order valence-electron chi connectivity index (χ2n) is 4.45. The largest absolute Gasteiger partial charge is 0.349 e. The Hall–Kier alpha value is -0.610. The average Bonchev–Trinajstić information content (AvgIpc) is 2.53. The molecule has 1 rings (SSSR count). The Bertz CT molecular complexity index is 385. The lowest BCUT2D eigenvalue weighted by Gasteiger charge is -2.07. The van der Waals surface area contributed by atoms with Gasteiger partial charge in [0.05, 0.1) is 0 Å². The Morgan fingerprint density at radius 2 is 2.12 bits per heavy atom. The highest BCUT2D eigenvalue weighted by atomic mass is 32.2. The van der Waals surface area contributed by atoms with Crippen LogP contribution in [0.3, 0.4) is 0 Å². The van der Waals surface area contributed by atoms with E-state index in [9.17, 15) is 4.21 Å². The Morgan fingerprint density at radius 3 is 2.65 bits per heavy atom. The van der Waals surface area contributed by atoms with Gasteiger partial charge in [-0.2, -0.15) is 0 Å². The maximum absolute atomic E-state index is 10.9. The predicted molar refractivity (Wildman–Crippen MR) is 74.8 cm³/mol. The van der Waals surface area contributed by atoms with Crippen LogP contribution in [0, 0.1) is 13.8 Å². The molecule has 0 saturated heterocycles. The summed E-state index contributed by atoms with van der Waals surface area (Å²) >= 11 is 0. The number of hydrogen-bond acceptors (Lipinski definition) is 2. The second-order valence-corrected chi connectivity index (χ2v) is 6.00. The van der Waals surface area contributed by atoms with Crippen LogP contribution in [0.15, 0.2) is 6.07 Å². The summed E-state index contributed by atoms with van der Waals surface area (Å²) in [5, 5.41) is 3.41. The number of rotatable bonds is 7. The van der Waals surface area contributed by atoms with Crippen LogP contribution in [0.1, 0.15) is 30.3 Å². The molecule has 17 heavy (non-hydrogen) atoms. The molecule has 0 aliphatic carbocycles. The van der Waals surface area contributed by atoms with Crippen molar-refractivity contribution in [3.05, 3.63) is 23.0 Å². The summed E-state index contributed by atoms with van der Waals surface area (Å²) in [6.07, 6.45) is 2.74. The molecular formula is C13H24N2OS. The normalized spacial score (nSPS) is 12.9. The van der Waals surface area contributed by atoms with E-state index in [0.29, 0.717) is 0 Å². The highest BCUT2D eigenvalue weighted by Crippen LogP contribution is 2.14. The van der Waals surface area contributed by atoms with Gasteiger partial charge in [-0.15, -0.1) is 0 Å². The standard InChI is InChI=1S/C13H24N2OS/c1-5-15-11(2)9-13(12(15)3)10-14-7-6-8-17(4)16/h9,14H,5-8,10H2,1-4H3. The topological polar surface area (TPSA) is 34.0 Å². The van der Waals surface area contributed by atoms with Crippen LogP contribution in [0.25, 0.3) is 0 Å². The van der Waals surface area contributed by atoms with E-state index in [1.165, 1.54) is 17.0 Å². The van der Waals surface area contributed by atoms with Crippen LogP contribution in [0.2, 0.25) is 0 Å². The SMILES string of the molecule is CCn1c(C)cc(CNCCCS(C)=O)c1C. The first-order chi connectivity index (χ1) is 8.06. The molecule has 1 N–H and O–H groups in total. The van der Waals surface area contributed by atoms with Crippen LogP contribution >= 0.6 is 0 Å². The van der Waals surface area contributed by atoms with Gasteiger partial charge in [0.2, 0.25) is 0 Å². The Kier molecular flexibility index (Phi) is 5.92. The maximum atomic E-state index is 10.9. The quantitative estimate of drug-likeness (QED) is 0.757. The first-order valence-corrected chi connectivity index (χ1v) is 7.95. The van der Waals surface area contributed by atoms with Crippen molar-refractivity contribution in [3.63, 3.8) is 0 Å². The number of nitrogens with zero attached hydrogens (tertiary/aromatic N) is 1. The van der Waals surface area contributed by atoms with Crippen LogP contribution < -0.4 is 5.32 Å². The van der Waals surface area contributed by atoms with Gasteiger partial charge in [-0.1, -0.05) is 0 Å².